The van der Waals surface area contributed by atoms with Crippen LogP contribution in [0, 0.1) is 0 Å². The zero-order chi connectivity index (χ0) is 33.9. The molecule has 1 saturated carbocycles. The number of carbonyl (C=O) groups excluding carboxylic acids is 1. The quantitative estimate of drug-likeness (QED) is 0.0535. The average Bonchev–Trinajstić information content (AvgIpc) is 3.58. The Labute approximate surface area is 303 Å². The van der Waals surface area contributed by atoms with Gasteiger partial charge in [0.2, 0.25) is 0 Å². The monoisotopic (exact) mass is 726 g/mol. The van der Waals surface area contributed by atoms with E-state index in [1.165, 1.54) is 0 Å². The number of thiol groups is 4. The highest BCUT2D eigenvalue weighted by atomic mass is 32.1. The summed E-state index contributed by atoms with van der Waals surface area (Å²) in [4.78, 5) is 13.1. The summed E-state index contributed by atoms with van der Waals surface area (Å²) in [5.41, 5.74) is 5.43. The van der Waals surface area contributed by atoms with Gasteiger partial charge in [0.25, 0.3) is 5.91 Å². The standard InChI is InChI=1S/C33H30N10O2S4/c44-29(37-22-8-3-11-25(15-22)43-32(48)40-41-33(43)49)19-5-1-7-21(13-19)35-27-17-28(27)36-23-9-4-12-26(16-23)45-18-34-20-6-2-10-24(14-20)42-30(46)38-39-31(42)47/h1-16,27-28,34-36H,17-18H2,(H,37,44)(H,38,46)(H,39,47)(H,40,48)(H,41,49). The second-order valence-corrected chi connectivity index (χ2v) is 12.7. The summed E-state index contributed by atoms with van der Waals surface area (Å²) in [6.45, 7) is 0.273. The zero-order valence-corrected chi connectivity index (χ0v) is 29.2. The minimum atomic E-state index is -0.222. The fourth-order valence-electron chi connectivity index (χ4n) is 5.25. The number of rotatable bonds is 12. The molecule has 248 valence electrons. The fraction of sp³-hybridized carbons (Fsp3) is 0.121. The van der Waals surface area contributed by atoms with Gasteiger partial charge in [-0.15, -0.1) is 70.9 Å². The van der Waals surface area contributed by atoms with E-state index in [2.05, 4.69) is 92.2 Å². The van der Waals surface area contributed by atoms with Crippen LogP contribution < -0.4 is 26.0 Å². The lowest BCUT2D eigenvalue weighted by molar-refractivity contribution is 0.102. The smallest absolute Gasteiger partial charge is 0.255 e. The molecule has 4 N–H and O–H groups in total. The summed E-state index contributed by atoms with van der Waals surface area (Å²) in [5, 5.41) is 30.8. The number of nitrogens with one attached hydrogen (secondary N) is 4. The lowest BCUT2D eigenvalue weighted by Crippen LogP contribution is -2.15. The summed E-state index contributed by atoms with van der Waals surface area (Å²) in [7, 11) is 0. The Morgan fingerprint density at radius 1 is 0.653 bits per heavy atom. The first-order valence-corrected chi connectivity index (χ1v) is 16.9. The fourth-order valence-corrected chi connectivity index (χ4v) is 6.43. The van der Waals surface area contributed by atoms with Gasteiger partial charge in [0.1, 0.15) is 5.75 Å². The Kier molecular flexibility index (Phi) is 9.61. The number of benzene rings is 4. The number of anilines is 4. The van der Waals surface area contributed by atoms with Crippen LogP contribution in [0.3, 0.4) is 0 Å². The van der Waals surface area contributed by atoms with Crippen LogP contribution in [-0.4, -0.2) is 54.3 Å². The van der Waals surface area contributed by atoms with Gasteiger partial charge in [-0.3, -0.25) is 13.9 Å². The van der Waals surface area contributed by atoms with Gasteiger partial charge in [-0.05, 0) is 73.2 Å². The van der Waals surface area contributed by atoms with Crippen molar-refractivity contribution in [2.45, 2.75) is 39.1 Å². The highest BCUT2D eigenvalue weighted by Gasteiger charge is 2.37. The summed E-state index contributed by atoms with van der Waals surface area (Å²) < 4.78 is 9.40. The van der Waals surface area contributed by atoms with Gasteiger partial charge in [-0.2, -0.15) is 0 Å². The van der Waals surface area contributed by atoms with E-state index in [9.17, 15) is 4.79 Å². The predicted molar refractivity (Wildman–Crippen MR) is 201 cm³/mol. The van der Waals surface area contributed by atoms with Crippen LogP contribution >= 0.6 is 50.5 Å². The summed E-state index contributed by atoms with van der Waals surface area (Å²) in [5.74, 6) is 0.510. The van der Waals surface area contributed by atoms with Crippen LogP contribution in [0.4, 0.5) is 22.7 Å². The van der Waals surface area contributed by atoms with Gasteiger partial charge < -0.3 is 26.0 Å². The molecule has 0 saturated heterocycles. The average molecular weight is 727 g/mol. The van der Waals surface area contributed by atoms with E-state index < -0.39 is 0 Å². The molecule has 7 rings (SSSR count). The predicted octanol–water partition coefficient (Wildman–Crippen LogP) is 6.37. The maximum atomic E-state index is 13.1. The van der Waals surface area contributed by atoms with Crippen LogP contribution in [0.5, 0.6) is 5.75 Å². The molecule has 2 atom stereocenters. The highest BCUT2D eigenvalue weighted by molar-refractivity contribution is 7.81. The molecule has 49 heavy (non-hydrogen) atoms. The molecule has 0 aliphatic heterocycles. The van der Waals surface area contributed by atoms with Crippen LogP contribution in [0.25, 0.3) is 11.4 Å². The third kappa shape index (κ3) is 7.77. The molecule has 12 nitrogen and oxygen atoms in total. The Balaban J connectivity index is 0.905. The first-order valence-electron chi connectivity index (χ1n) is 15.1. The number of nitrogens with zero attached hydrogens (tertiary/aromatic N) is 6. The number of amides is 1. The lowest BCUT2D eigenvalue weighted by atomic mass is 10.1. The normalized spacial score (nSPS) is 15.0. The van der Waals surface area contributed by atoms with Crippen molar-refractivity contribution in [2.75, 3.05) is 28.0 Å². The largest absolute Gasteiger partial charge is 0.473 e. The third-order valence-electron chi connectivity index (χ3n) is 7.69. The molecule has 1 aliphatic carbocycles. The van der Waals surface area contributed by atoms with Crippen molar-refractivity contribution < 1.29 is 9.53 Å². The summed E-state index contributed by atoms with van der Waals surface area (Å²) in [6.07, 6.45) is 0.935. The molecule has 0 spiro atoms. The van der Waals surface area contributed by atoms with Gasteiger partial charge >= 0.3 is 0 Å². The van der Waals surface area contributed by atoms with Crippen LogP contribution in [0.2, 0.25) is 0 Å². The Bertz CT molecular complexity index is 2100. The molecular weight excluding hydrogens is 697 g/mol. The van der Waals surface area contributed by atoms with Gasteiger partial charge in [-0.25, -0.2) is 0 Å². The van der Waals surface area contributed by atoms with E-state index in [4.69, 9.17) is 4.74 Å². The van der Waals surface area contributed by atoms with Crippen molar-refractivity contribution in [3.63, 3.8) is 0 Å². The Morgan fingerprint density at radius 2 is 1.16 bits per heavy atom. The number of hydrogen-bond acceptors (Lipinski definition) is 13. The van der Waals surface area contributed by atoms with E-state index in [-0.39, 0.29) is 24.7 Å². The van der Waals surface area contributed by atoms with E-state index in [0.29, 0.717) is 31.9 Å². The molecule has 2 heterocycles. The first-order chi connectivity index (χ1) is 23.8. The molecular formula is C33H30N10O2S4. The third-order valence-corrected chi connectivity index (χ3v) is 8.85. The Hall–Kier alpha value is -4.77. The van der Waals surface area contributed by atoms with Crippen molar-refractivity contribution in [3.8, 4) is 17.1 Å². The van der Waals surface area contributed by atoms with Crippen molar-refractivity contribution in [3.05, 3.63) is 103 Å². The number of hydrogen-bond donors (Lipinski definition) is 8. The molecule has 4 aromatic carbocycles. The molecule has 2 unspecified atom stereocenters. The minimum Gasteiger partial charge on any atom is -0.473 e. The number of carbonyl (C=O) groups is 1. The minimum absolute atomic E-state index is 0.212. The van der Waals surface area contributed by atoms with E-state index in [1.807, 2.05) is 91.0 Å². The van der Waals surface area contributed by atoms with Gasteiger partial charge in [0.15, 0.2) is 27.4 Å². The van der Waals surface area contributed by atoms with Crippen LogP contribution in [0.1, 0.15) is 16.8 Å². The molecule has 2 aromatic heterocycles. The molecule has 1 amide bonds. The molecule has 6 aromatic rings. The molecule has 16 heteroatoms. The lowest BCUT2D eigenvalue weighted by Gasteiger charge is -2.13. The van der Waals surface area contributed by atoms with E-state index in [1.54, 1.807) is 15.2 Å². The van der Waals surface area contributed by atoms with Crippen molar-refractivity contribution in [1.82, 2.24) is 29.5 Å². The van der Waals surface area contributed by atoms with Crippen LogP contribution in [-0.2, 0) is 0 Å². The van der Waals surface area contributed by atoms with E-state index in [0.717, 1.165) is 40.6 Å². The summed E-state index contributed by atoms with van der Waals surface area (Å²) in [6, 6.07) is 30.8. The second-order valence-electron chi connectivity index (χ2n) is 11.1. The van der Waals surface area contributed by atoms with E-state index >= 15 is 0 Å². The SMILES string of the molecule is O=C(Nc1cccc(-n2c(S)nnc2S)c1)c1cccc(NC2CC2Nc2cccc(OCNc3cccc(-n4c(S)nnc4S)c3)c2)c1. The van der Waals surface area contributed by atoms with Gasteiger partial charge in [-0.1, -0.05) is 24.3 Å². The maximum absolute atomic E-state index is 13.1. The zero-order valence-electron chi connectivity index (χ0n) is 25.6. The highest BCUT2D eigenvalue weighted by Crippen LogP contribution is 2.31. The van der Waals surface area contributed by atoms with Crippen molar-refractivity contribution in [2.24, 2.45) is 0 Å². The Morgan fingerprint density at radius 3 is 1.80 bits per heavy atom. The topological polar surface area (TPSA) is 136 Å². The molecule has 1 fully saturated rings. The van der Waals surface area contributed by atoms with Gasteiger partial charge in [0.05, 0.1) is 11.4 Å². The molecule has 0 radical (unpaired) electrons. The maximum Gasteiger partial charge on any atom is 0.255 e. The number of aromatic nitrogens is 6. The van der Waals surface area contributed by atoms with Gasteiger partial charge in [0, 0.05) is 46.5 Å². The molecule has 1 aliphatic rings. The number of ether oxygens (including phenoxy) is 1. The van der Waals surface area contributed by atoms with Crippen molar-refractivity contribution in [1.29, 1.82) is 0 Å². The molecule has 0 bridgehead atoms. The first kappa shape index (κ1) is 32.8. The summed E-state index contributed by atoms with van der Waals surface area (Å²) >= 11 is 17.4. The van der Waals surface area contributed by atoms with Crippen LogP contribution in [0.15, 0.2) is 118 Å². The second kappa shape index (κ2) is 14.4. The van der Waals surface area contributed by atoms with Crippen molar-refractivity contribution >= 4 is 79.2 Å².